The first kappa shape index (κ1) is 14.7. The van der Waals surface area contributed by atoms with E-state index in [-0.39, 0.29) is 0 Å². The number of nitrogen functional groups attached to an aromatic ring is 1. The summed E-state index contributed by atoms with van der Waals surface area (Å²) in [6.07, 6.45) is -0.402. The van der Waals surface area contributed by atoms with Crippen LogP contribution in [0.1, 0.15) is 22.9 Å². The van der Waals surface area contributed by atoms with E-state index in [1.54, 1.807) is 37.0 Å². The van der Waals surface area contributed by atoms with Crippen LogP contribution in [0, 0.1) is 6.92 Å². The van der Waals surface area contributed by atoms with E-state index in [1.807, 2.05) is 6.92 Å². The highest BCUT2D eigenvalue weighted by atomic mass is 35.5. The van der Waals surface area contributed by atoms with E-state index in [2.05, 4.69) is 5.10 Å². The van der Waals surface area contributed by atoms with Crippen LogP contribution in [-0.2, 0) is 13.5 Å². The van der Waals surface area contributed by atoms with Gasteiger partial charge in [0.25, 0.3) is 0 Å². The van der Waals surface area contributed by atoms with Crippen molar-refractivity contribution in [2.24, 2.45) is 7.05 Å². The predicted octanol–water partition coefficient (Wildman–Crippen LogP) is 2.25. The van der Waals surface area contributed by atoms with Crippen molar-refractivity contribution in [3.05, 3.63) is 40.2 Å². The first-order valence-corrected chi connectivity index (χ1v) is 6.62. The Morgan fingerprint density at radius 1 is 1.50 bits per heavy atom. The van der Waals surface area contributed by atoms with Crippen molar-refractivity contribution >= 4 is 17.3 Å². The SMILES string of the molecule is COc1cccc(C(O)Cc2c(C)nn(C)c2Cl)c1N. The lowest BCUT2D eigenvalue weighted by molar-refractivity contribution is 0.178. The van der Waals surface area contributed by atoms with Crippen LogP contribution in [0.3, 0.4) is 0 Å². The minimum Gasteiger partial charge on any atom is -0.495 e. The molecule has 3 N–H and O–H groups in total. The van der Waals surface area contributed by atoms with Gasteiger partial charge in [-0.1, -0.05) is 23.7 Å². The second kappa shape index (κ2) is 5.73. The number of aromatic nitrogens is 2. The summed E-state index contributed by atoms with van der Waals surface area (Å²) in [6, 6.07) is 5.33. The van der Waals surface area contributed by atoms with Gasteiger partial charge in [0.1, 0.15) is 10.9 Å². The molecule has 20 heavy (non-hydrogen) atoms. The third-order valence-electron chi connectivity index (χ3n) is 3.35. The Morgan fingerprint density at radius 2 is 2.20 bits per heavy atom. The van der Waals surface area contributed by atoms with Gasteiger partial charge in [-0.2, -0.15) is 5.10 Å². The summed E-state index contributed by atoms with van der Waals surface area (Å²) < 4.78 is 6.75. The number of nitrogens with zero attached hydrogens (tertiary/aromatic N) is 2. The minimum atomic E-state index is -0.759. The molecule has 1 aromatic heterocycles. The monoisotopic (exact) mass is 295 g/mol. The summed E-state index contributed by atoms with van der Waals surface area (Å²) in [7, 11) is 3.31. The molecule has 0 fully saturated rings. The fourth-order valence-electron chi connectivity index (χ4n) is 2.24. The first-order valence-electron chi connectivity index (χ1n) is 6.24. The van der Waals surface area contributed by atoms with Crippen LogP contribution in [-0.4, -0.2) is 22.0 Å². The summed E-state index contributed by atoms with van der Waals surface area (Å²) in [5.74, 6) is 0.551. The highest BCUT2D eigenvalue weighted by Crippen LogP contribution is 2.32. The summed E-state index contributed by atoms with van der Waals surface area (Å²) >= 11 is 6.18. The summed E-state index contributed by atoms with van der Waals surface area (Å²) in [5, 5.41) is 15.2. The van der Waals surface area contributed by atoms with Gasteiger partial charge in [0.15, 0.2) is 0 Å². The lowest BCUT2D eigenvalue weighted by atomic mass is 10.00. The van der Waals surface area contributed by atoms with Gasteiger partial charge < -0.3 is 15.6 Å². The molecule has 1 atom stereocenters. The summed E-state index contributed by atoms with van der Waals surface area (Å²) in [4.78, 5) is 0. The van der Waals surface area contributed by atoms with E-state index in [0.717, 1.165) is 11.3 Å². The number of aryl methyl sites for hydroxylation is 2. The van der Waals surface area contributed by atoms with E-state index >= 15 is 0 Å². The Morgan fingerprint density at radius 3 is 2.75 bits per heavy atom. The zero-order valence-electron chi connectivity index (χ0n) is 11.7. The van der Waals surface area contributed by atoms with Crippen LogP contribution in [0.5, 0.6) is 5.75 Å². The average molecular weight is 296 g/mol. The zero-order chi connectivity index (χ0) is 14.9. The van der Waals surface area contributed by atoms with Crippen LogP contribution in [0.2, 0.25) is 5.15 Å². The molecule has 0 aliphatic heterocycles. The van der Waals surface area contributed by atoms with Crippen molar-refractivity contribution in [2.45, 2.75) is 19.4 Å². The number of para-hydroxylation sites is 1. The van der Waals surface area contributed by atoms with Gasteiger partial charge in [-0.25, -0.2) is 0 Å². The number of benzene rings is 1. The van der Waals surface area contributed by atoms with Crippen LogP contribution in [0.4, 0.5) is 5.69 Å². The smallest absolute Gasteiger partial charge is 0.142 e. The number of methoxy groups -OCH3 is 1. The van der Waals surface area contributed by atoms with Crippen molar-refractivity contribution < 1.29 is 9.84 Å². The quantitative estimate of drug-likeness (QED) is 0.849. The van der Waals surface area contributed by atoms with Gasteiger partial charge in [0.2, 0.25) is 0 Å². The van der Waals surface area contributed by atoms with Crippen LogP contribution in [0.25, 0.3) is 0 Å². The fourth-order valence-corrected chi connectivity index (χ4v) is 2.49. The molecule has 0 aliphatic rings. The number of nitrogens with two attached hydrogens (primary N) is 1. The van der Waals surface area contributed by atoms with Crippen LogP contribution in [0.15, 0.2) is 18.2 Å². The molecule has 1 unspecified atom stereocenters. The maximum Gasteiger partial charge on any atom is 0.142 e. The van der Waals surface area contributed by atoms with Gasteiger partial charge >= 0.3 is 0 Å². The number of ether oxygens (including phenoxy) is 1. The lowest BCUT2D eigenvalue weighted by Crippen LogP contribution is -2.07. The molecule has 108 valence electrons. The molecule has 2 aromatic rings. The van der Waals surface area contributed by atoms with E-state index in [1.165, 1.54) is 0 Å². The van der Waals surface area contributed by atoms with Crippen molar-refractivity contribution in [3.8, 4) is 5.75 Å². The number of anilines is 1. The number of halogens is 1. The number of rotatable bonds is 4. The molecule has 0 saturated heterocycles. The third-order valence-corrected chi connectivity index (χ3v) is 3.82. The highest BCUT2D eigenvalue weighted by molar-refractivity contribution is 6.30. The lowest BCUT2D eigenvalue weighted by Gasteiger charge is -2.15. The number of hydrogen-bond acceptors (Lipinski definition) is 4. The van der Waals surface area contributed by atoms with Crippen LogP contribution >= 0.6 is 11.6 Å². The fraction of sp³-hybridized carbons (Fsp3) is 0.357. The van der Waals surface area contributed by atoms with Gasteiger partial charge in [-0.15, -0.1) is 0 Å². The maximum absolute atomic E-state index is 10.4. The molecule has 1 heterocycles. The van der Waals surface area contributed by atoms with Crippen LogP contribution < -0.4 is 10.5 Å². The summed E-state index contributed by atoms with van der Waals surface area (Å²) in [6.45, 7) is 1.86. The molecule has 6 heteroatoms. The van der Waals surface area contributed by atoms with E-state index in [4.69, 9.17) is 22.1 Å². The molecule has 5 nitrogen and oxygen atoms in total. The molecule has 2 rings (SSSR count). The van der Waals surface area contributed by atoms with Crippen molar-refractivity contribution in [3.63, 3.8) is 0 Å². The number of aliphatic hydroxyl groups excluding tert-OH is 1. The minimum absolute atomic E-state index is 0.357. The highest BCUT2D eigenvalue weighted by Gasteiger charge is 2.19. The Kier molecular flexibility index (Phi) is 4.20. The van der Waals surface area contributed by atoms with Crippen molar-refractivity contribution in [1.82, 2.24) is 9.78 Å². The maximum atomic E-state index is 10.4. The van der Waals surface area contributed by atoms with Crippen molar-refractivity contribution in [1.29, 1.82) is 0 Å². The average Bonchev–Trinajstić information content (AvgIpc) is 2.65. The number of aliphatic hydroxyl groups is 1. The molecular formula is C14H18ClN3O2. The number of hydrogen-bond donors (Lipinski definition) is 2. The molecule has 0 amide bonds. The van der Waals surface area contributed by atoms with Gasteiger partial charge in [-0.05, 0) is 13.0 Å². The zero-order valence-corrected chi connectivity index (χ0v) is 12.5. The topological polar surface area (TPSA) is 73.3 Å². The Hall–Kier alpha value is -1.72. The second-order valence-electron chi connectivity index (χ2n) is 4.66. The molecule has 0 radical (unpaired) electrons. The van der Waals surface area contributed by atoms with E-state index in [9.17, 15) is 5.11 Å². The Labute approximate surface area is 122 Å². The van der Waals surface area contributed by atoms with Gasteiger partial charge in [-0.3, -0.25) is 4.68 Å². The molecular weight excluding hydrogens is 278 g/mol. The molecule has 0 aliphatic carbocycles. The van der Waals surface area contributed by atoms with E-state index in [0.29, 0.717) is 28.6 Å². The summed E-state index contributed by atoms with van der Waals surface area (Å²) in [5.41, 5.74) is 8.69. The molecule has 0 saturated carbocycles. The van der Waals surface area contributed by atoms with Crippen molar-refractivity contribution in [2.75, 3.05) is 12.8 Å². The molecule has 1 aromatic carbocycles. The predicted molar refractivity (Wildman–Crippen MR) is 79.0 cm³/mol. The Balaban J connectivity index is 2.31. The van der Waals surface area contributed by atoms with Gasteiger partial charge in [0.05, 0.1) is 24.6 Å². The standard InChI is InChI=1S/C14H18ClN3O2/c1-8-10(14(15)18(2)17-8)7-11(19)9-5-4-6-12(20-3)13(9)16/h4-6,11,19H,7,16H2,1-3H3. The van der Waals surface area contributed by atoms with Gasteiger partial charge in [0, 0.05) is 24.6 Å². The largest absolute Gasteiger partial charge is 0.495 e. The van der Waals surface area contributed by atoms with E-state index < -0.39 is 6.10 Å². The molecule has 0 spiro atoms. The third kappa shape index (κ3) is 2.59. The normalized spacial score (nSPS) is 12.4. The Bertz CT molecular complexity index is 625. The first-order chi connectivity index (χ1) is 9.45. The molecule has 0 bridgehead atoms. The second-order valence-corrected chi connectivity index (χ2v) is 5.02.